The Hall–Kier alpha value is -1.60. The third-order valence-corrected chi connectivity index (χ3v) is 4.68. The van der Waals surface area contributed by atoms with Gasteiger partial charge in [-0.25, -0.2) is 8.78 Å². The van der Waals surface area contributed by atoms with Crippen LogP contribution in [0.5, 0.6) is 0 Å². The fraction of sp³-hybridized carbons (Fsp3) is 0.733. The van der Waals surface area contributed by atoms with Crippen molar-refractivity contribution in [2.75, 3.05) is 6.61 Å². The molecule has 0 unspecified atom stereocenters. The Bertz CT molecular complexity index is 533. The maximum atomic E-state index is 12.9. The van der Waals surface area contributed by atoms with Crippen LogP contribution in [0, 0.1) is 23.7 Å². The highest BCUT2D eigenvalue weighted by molar-refractivity contribution is 5.87. The second-order valence-corrected chi connectivity index (χ2v) is 6.45. The molecule has 3 aliphatic carbocycles. The molecule has 3 rings (SSSR count). The molecule has 1 amide bonds. The zero-order valence-corrected chi connectivity index (χ0v) is 12.2. The number of halogens is 4. The van der Waals surface area contributed by atoms with E-state index < -0.39 is 36.8 Å². The van der Waals surface area contributed by atoms with Crippen molar-refractivity contribution in [3.63, 3.8) is 0 Å². The van der Waals surface area contributed by atoms with Crippen molar-refractivity contribution in [3.8, 4) is 0 Å². The lowest BCUT2D eigenvalue weighted by molar-refractivity contribution is -0.184. The highest BCUT2D eigenvalue weighted by atomic mass is 19.3. The average Bonchev–Trinajstić information content (AvgIpc) is 3.06. The number of fused-ring (bicyclic) bond motifs is 2. The molecule has 0 aromatic heterocycles. The van der Waals surface area contributed by atoms with Crippen LogP contribution in [0.4, 0.5) is 17.6 Å². The minimum absolute atomic E-state index is 0.116. The third kappa shape index (κ3) is 3.21. The summed E-state index contributed by atoms with van der Waals surface area (Å²) in [6.07, 6.45) is 2.07. The summed E-state index contributed by atoms with van der Waals surface area (Å²) in [6, 6.07) is 0.116. The Balaban J connectivity index is 1.65. The van der Waals surface area contributed by atoms with Gasteiger partial charge < -0.3 is 10.1 Å². The molecule has 4 nitrogen and oxygen atoms in total. The van der Waals surface area contributed by atoms with Crippen LogP contribution in [0.25, 0.3) is 0 Å². The standard InChI is InChI=1S/C15H17F4NO3/c16-14(17)15(18,19)6-23-13(22)11-8-2-1-7(5-8)10(11)12(21)20-9-3-4-9/h1-2,7-11,14H,3-6H2,(H,20,21)/t7-,8+,10+,11+/m0/s1. The van der Waals surface area contributed by atoms with Gasteiger partial charge in [-0.2, -0.15) is 8.78 Å². The number of hydrogen-bond donors (Lipinski definition) is 1. The summed E-state index contributed by atoms with van der Waals surface area (Å²) in [5.74, 6) is -7.61. The van der Waals surface area contributed by atoms with Crippen molar-refractivity contribution in [2.24, 2.45) is 23.7 Å². The minimum Gasteiger partial charge on any atom is -0.459 e. The molecule has 0 spiro atoms. The van der Waals surface area contributed by atoms with Gasteiger partial charge in [-0.15, -0.1) is 0 Å². The van der Waals surface area contributed by atoms with E-state index in [-0.39, 0.29) is 23.8 Å². The van der Waals surface area contributed by atoms with E-state index in [1.807, 2.05) is 6.08 Å². The Morgan fingerprint density at radius 3 is 2.35 bits per heavy atom. The first-order valence-corrected chi connectivity index (χ1v) is 7.61. The molecular weight excluding hydrogens is 318 g/mol. The lowest BCUT2D eigenvalue weighted by Crippen LogP contribution is -2.42. The molecule has 23 heavy (non-hydrogen) atoms. The zero-order chi connectivity index (χ0) is 16.8. The number of hydrogen-bond acceptors (Lipinski definition) is 3. The van der Waals surface area contributed by atoms with Gasteiger partial charge in [0.25, 0.3) is 0 Å². The highest BCUT2D eigenvalue weighted by Crippen LogP contribution is 2.49. The lowest BCUT2D eigenvalue weighted by Gasteiger charge is -2.26. The molecule has 8 heteroatoms. The Morgan fingerprint density at radius 2 is 1.78 bits per heavy atom. The van der Waals surface area contributed by atoms with E-state index in [1.165, 1.54) is 0 Å². The van der Waals surface area contributed by atoms with Gasteiger partial charge in [-0.3, -0.25) is 9.59 Å². The second kappa shape index (κ2) is 5.79. The van der Waals surface area contributed by atoms with E-state index >= 15 is 0 Å². The molecule has 0 aromatic carbocycles. The quantitative estimate of drug-likeness (QED) is 0.460. The molecule has 2 saturated carbocycles. The topological polar surface area (TPSA) is 55.4 Å². The van der Waals surface area contributed by atoms with E-state index in [0.717, 1.165) is 12.8 Å². The van der Waals surface area contributed by atoms with Crippen LogP contribution in [0.15, 0.2) is 12.2 Å². The van der Waals surface area contributed by atoms with E-state index in [9.17, 15) is 27.2 Å². The Morgan fingerprint density at radius 1 is 1.17 bits per heavy atom. The number of carbonyl (C=O) groups excluding carboxylic acids is 2. The molecule has 1 N–H and O–H groups in total. The molecule has 128 valence electrons. The molecular formula is C15H17F4NO3. The number of esters is 1. The molecule has 4 atom stereocenters. The van der Waals surface area contributed by atoms with Crippen LogP contribution in [-0.4, -0.2) is 36.9 Å². The number of ether oxygens (including phenoxy) is 1. The number of allylic oxidation sites excluding steroid dienone is 2. The number of nitrogens with one attached hydrogen (secondary N) is 1. The second-order valence-electron chi connectivity index (χ2n) is 6.45. The number of carbonyl (C=O) groups is 2. The molecule has 0 aliphatic heterocycles. The van der Waals surface area contributed by atoms with Crippen LogP contribution in [0.1, 0.15) is 19.3 Å². The highest BCUT2D eigenvalue weighted by Gasteiger charge is 2.53. The fourth-order valence-electron chi connectivity index (χ4n) is 3.35. The predicted octanol–water partition coefficient (Wildman–Crippen LogP) is 2.15. The van der Waals surface area contributed by atoms with Crippen molar-refractivity contribution in [1.29, 1.82) is 0 Å². The monoisotopic (exact) mass is 335 g/mol. The normalized spacial score (nSPS) is 32.4. The Labute approximate surface area is 130 Å². The molecule has 0 heterocycles. The van der Waals surface area contributed by atoms with Crippen LogP contribution < -0.4 is 5.32 Å². The first kappa shape index (κ1) is 16.3. The van der Waals surface area contributed by atoms with Gasteiger partial charge in [-0.05, 0) is 31.1 Å². The molecule has 2 bridgehead atoms. The average molecular weight is 335 g/mol. The zero-order valence-electron chi connectivity index (χ0n) is 12.2. The molecule has 2 fully saturated rings. The summed E-state index contributed by atoms with van der Waals surface area (Å²) in [7, 11) is 0. The number of alkyl halides is 4. The Kier molecular flexibility index (Phi) is 4.10. The maximum absolute atomic E-state index is 12.9. The first-order valence-electron chi connectivity index (χ1n) is 7.61. The van der Waals surface area contributed by atoms with E-state index in [1.54, 1.807) is 6.08 Å². The van der Waals surface area contributed by atoms with Crippen LogP contribution in [0.3, 0.4) is 0 Å². The number of rotatable bonds is 6. The van der Waals surface area contributed by atoms with Crippen molar-refractivity contribution < 1.29 is 31.9 Å². The van der Waals surface area contributed by atoms with Crippen molar-refractivity contribution in [2.45, 2.75) is 37.7 Å². The predicted molar refractivity (Wildman–Crippen MR) is 70.8 cm³/mol. The first-order chi connectivity index (χ1) is 10.8. The smallest absolute Gasteiger partial charge is 0.340 e. The lowest BCUT2D eigenvalue weighted by atomic mass is 9.82. The molecule has 0 aromatic rings. The third-order valence-electron chi connectivity index (χ3n) is 4.68. The summed E-state index contributed by atoms with van der Waals surface area (Å²) < 4.78 is 54.5. The fourth-order valence-corrected chi connectivity index (χ4v) is 3.35. The van der Waals surface area contributed by atoms with Crippen molar-refractivity contribution >= 4 is 11.9 Å². The van der Waals surface area contributed by atoms with Gasteiger partial charge in [0.15, 0.2) is 6.61 Å². The van der Waals surface area contributed by atoms with E-state index in [2.05, 4.69) is 10.1 Å². The number of amides is 1. The van der Waals surface area contributed by atoms with Gasteiger partial charge in [0.2, 0.25) is 5.91 Å². The van der Waals surface area contributed by atoms with Crippen LogP contribution in [-0.2, 0) is 14.3 Å². The largest absolute Gasteiger partial charge is 0.459 e. The maximum Gasteiger partial charge on any atom is 0.340 e. The summed E-state index contributed by atoms with van der Waals surface area (Å²) in [6.45, 7) is -1.67. The summed E-state index contributed by atoms with van der Waals surface area (Å²) in [5.41, 5.74) is 0. The molecule has 0 radical (unpaired) electrons. The van der Waals surface area contributed by atoms with Gasteiger partial charge in [0.1, 0.15) is 0 Å². The minimum atomic E-state index is -4.38. The molecule has 3 aliphatic rings. The van der Waals surface area contributed by atoms with Gasteiger partial charge in [0.05, 0.1) is 11.8 Å². The van der Waals surface area contributed by atoms with E-state index in [4.69, 9.17) is 0 Å². The summed E-state index contributed by atoms with van der Waals surface area (Å²) in [5, 5.41) is 2.81. The van der Waals surface area contributed by atoms with Gasteiger partial charge >= 0.3 is 18.3 Å². The summed E-state index contributed by atoms with van der Waals surface area (Å²) >= 11 is 0. The van der Waals surface area contributed by atoms with E-state index in [0.29, 0.717) is 6.42 Å². The van der Waals surface area contributed by atoms with Crippen molar-refractivity contribution in [1.82, 2.24) is 5.32 Å². The molecule has 0 saturated heterocycles. The van der Waals surface area contributed by atoms with Crippen LogP contribution in [0.2, 0.25) is 0 Å². The summed E-state index contributed by atoms with van der Waals surface area (Å²) in [4.78, 5) is 24.4. The van der Waals surface area contributed by atoms with Gasteiger partial charge in [0, 0.05) is 6.04 Å². The SMILES string of the molecule is O=C(OCC(F)(F)C(F)F)[C@H]1[C@H](C(=O)NC2CC2)[C@H]2C=C[C@@H]1C2. The van der Waals surface area contributed by atoms with Gasteiger partial charge in [-0.1, -0.05) is 12.2 Å². The van der Waals surface area contributed by atoms with Crippen LogP contribution >= 0.6 is 0 Å². The van der Waals surface area contributed by atoms with Crippen molar-refractivity contribution in [3.05, 3.63) is 12.2 Å².